The molecule has 1 fully saturated rings. The van der Waals surface area contributed by atoms with Gasteiger partial charge in [-0.15, -0.1) is 0 Å². The predicted octanol–water partition coefficient (Wildman–Crippen LogP) is 4.19. The van der Waals surface area contributed by atoms with E-state index in [1.165, 1.54) is 13.2 Å². The monoisotopic (exact) mass is 424 g/mol. The summed E-state index contributed by atoms with van der Waals surface area (Å²) < 4.78 is 16.0. The lowest BCUT2D eigenvalue weighted by Gasteiger charge is -2.28. The summed E-state index contributed by atoms with van der Waals surface area (Å²) in [6, 6.07) is 9.11. The van der Waals surface area contributed by atoms with Crippen LogP contribution in [0.15, 0.2) is 36.4 Å². The number of rotatable bonds is 7. The molecular weight excluding hydrogens is 396 g/mol. The van der Waals surface area contributed by atoms with Crippen LogP contribution < -0.4 is 24.4 Å². The average molecular weight is 424 g/mol. The Morgan fingerprint density at radius 2 is 1.74 bits per heavy atom. The van der Waals surface area contributed by atoms with Gasteiger partial charge in [0, 0.05) is 30.4 Å². The van der Waals surface area contributed by atoms with Gasteiger partial charge in [0.25, 0.3) is 0 Å². The van der Waals surface area contributed by atoms with Crippen LogP contribution in [0.3, 0.4) is 0 Å². The van der Waals surface area contributed by atoms with Gasteiger partial charge in [-0.25, -0.2) is 0 Å². The molecule has 0 unspecified atom stereocenters. The van der Waals surface area contributed by atoms with E-state index in [2.05, 4.69) is 5.32 Å². The van der Waals surface area contributed by atoms with Crippen molar-refractivity contribution in [2.24, 2.45) is 0 Å². The predicted molar refractivity (Wildman–Crippen MR) is 121 cm³/mol. The molecule has 0 saturated carbocycles. The van der Waals surface area contributed by atoms with Crippen molar-refractivity contribution >= 4 is 29.3 Å². The summed E-state index contributed by atoms with van der Waals surface area (Å²) in [6.45, 7) is 2.68. The van der Waals surface area contributed by atoms with Crippen molar-refractivity contribution in [3.8, 4) is 17.2 Å². The Morgan fingerprint density at radius 3 is 2.32 bits per heavy atom. The van der Waals surface area contributed by atoms with E-state index in [4.69, 9.17) is 14.2 Å². The molecule has 7 heteroatoms. The maximum absolute atomic E-state index is 12.4. The van der Waals surface area contributed by atoms with Crippen LogP contribution in [-0.2, 0) is 9.59 Å². The molecule has 31 heavy (non-hydrogen) atoms. The smallest absolute Gasteiger partial charge is 0.248 e. The van der Waals surface area contributed by atoms with Crippen LogP contribution in [0.25, 0.3) is 6.08 Å². The van der Waals surface area contributed by atoms with E-state index >= 15 is 0 Å². The quantitative estimate of drug-likeness (QED) is 0.675. The highest BCUT2D eigenvalue weighted by atomic mass is 16.5. The Bertz CT molecular complexity index is 974. The number of carbonyl (C=O) groups is 2. The van der Waals surface area contributed by atoms with Gasteiger partial charge in [0.2, 0.25) is 17.6 Å². The van der Waals surface area contributed by atoms with Gasteiger partial charge in [-0.05, 0) is 67.3 Å². The fourth-order valence-electron chi connectivity index (χ4n) is 3.65. The number of hydrogen-bond donors (Lipinski definition) is 1. The summed E-state index contributed by atoms with van der Waals surface area (Å²) in [6.07, 6.45) is 5.66. The maximum atomic E-state index is 12.4. The average Bonchev–Trinajstić information content (AvgIpc) is 2.77. The number of nitrogens with one attached hydrogen (secondary N) is 1. The van der Waals surface area contributed by atoms with Crippen molar-refractivity contribution in [2.75, 3.05) is 38.1 Å². The van der Waals surface area contributed by atoms with Gasteiger partial charge in [0.15, 0.2) is 11.5 Å². The van der Waals surface area contributed by atoms with Gasteiger partial charge < -0.3 is 24.4 Å². The summed E-state index contributed by atoms with van der Waals surface area (Å²) in [5.41, 5.74) is 3.25. The summed E-state index contributed by atoms with van der Waals surface area (Å²) >= 11 is 0. The Labute approximate surface area is 182 Å². The molecule has 1 aliphatic heterocycles. The van der Waals surface area contributed by atoms with Crippen molar-refractivity contribution in [3.63, 3.8) is 0 Å². The Morgan fingerprint density at radius 1 is 1.03 bits per heavy atom. The molecule has 7 nitrogen and oxygen atoms in total. The fraction of sp³-hybridized carbons (Fsp3) is 0.333. The molecule has 2 aromatic carbocycles. The van der Waals surface area contributed by atoms with Crippen molar-refractivity contribution in [2.45, 2.75) is 26.2 Å². The van der Waals surface area contributed by atoms with E-state index in [0.717, 1.165) is 36.2 Å². The lowest BCUT2D eigenvalue weighted by molar-refractivity contribution is -0.119. The summed E-state index contributed by atoms with van der Waals surface area (Å²) in [5.74, 6) is 1.41. The van der Waals surface area contributed by atoms with E-state index in [0.29, 0.717) is 29.4 Å². The normalized spacial score (nSPS) is 13.9. The third-order valence-electron chi connectivity index (χ3n) is 5.19. The first kappa shape index (κ1) is 22.2. The molecule has 1 aliphatic rings. The number of amides is 2. The van der Waals surface area contributed by atoms with Crippen molar-refractivity contribution in [3.05, 3.63) is 47.5 Å². The molecule has 0 atom stereocenters. The Balaban J connectivity index is 1.71. The summed E-state index contributed by atoms with van der Waals surface area (Å²) in [5, 5.41) is 2.86. The van der Waals surface area contributed by atoms with E-state index in [9.17, 15) is 9.59 Å². The van der Waals surface area contributed by atoms with Crippen molar-refractivity contribution in [1.82, 2.24) is 0 Å². The van der Waals surface area contributed by atoms with Crippen LogP contribution in [0.1, 0.15) is 30.4 Å². The SMILES string of the molecule is COc1cc(/C=C/C(=O)Nc2ccc(N3CCCCC3=O)c(C)c2)cc(OC)c1OC. The van der Waals surface area contributed by atoms with E-state index in [1.54, 1.807) is 32.4 Å². The van der Waals surface area contributed by atoms with E-state index in [-0.39, 0.29) is 11.8 Å². The standard InChI is InChI=1S/C24H28N2O5/c1-16-13-18(9-10-19(16)26-12-6-5-7-23(26)28)25-22(27)11-8-17-14-20(29-2)24(31-4)21(15-17)30-3/h8-11,13-15H,5-7,12H2,1-4H3,(H,25,27)/b11-8+. The van der Waals surface area contributed by atoms with Crippen LogP contribution in [-0.4, -0.2) is 39.7 Å². The Hall–Kier alpha value is -3.48. The second-order valence-corrected chi connectivity index (χ2v) is 7.29. The van der Waals surface area contributed by atoms with Crippen LogP contribution in [0.2, 0.25) is 0 Å². The third-order valence-corrected chi connectivity index (χ3v) is 5.19. The molecule has 0 spiro atoms. The molecule has 3 rings (SSSR count). The highest BCUT2D eigenvalue weighted by Crippen LogP contribution is 2.38. The molecular formula is C24H28N2O5. The number of nitrogens with zero attached hydrogens (tertiary/aromatic N) is 1. The zero-order valence-electron chi connectivity index (χ0n) is 18.4. The number of methoxy groups -OCH3 is 3. The van der Waals surface area contributed by atoms with Crippen LogP contribution >= 0.6 is 0 Å². The lowest BCUT2D eigenvalue weighted by atomic mass is 10.1. The number of ether oxygens (including phenoxy) is 3. The number of anilines is 2. The molecule has 1 saturated heterocycles. The summed E-state index contributed by atoms with van der Waals surface area (Å²) in [7, 11) is 4.62. The highest BCUT2D eigenvalue weighted by Gasteiger charge is 2.21. The molecule has 0 bridgehead atoms. The number of carbonyl (C=O) groups excluding carboxylic acids is 2. The minimum atomic E-state index is -0.269. The number of hydrogen-bond acceptors (Lipinski definition) is 5. The van der Waals surface area contributed by atoms with Gasteiger partial charge in [0.05, 0.1) is 21.3 Å². The molecule has 0 radical (unpaired) electrons. The molecule has 0 aromatic heterocycles. The van der Waals surface area contributed by atoms with Gasteiger partial charge in [-0.3, -0.25) is 9.59 Å². The van der Waals surface area contributed by atoms with Crippen LogP contribution in [0.4, 0.5) is 11.4 Å². The second kappa shape index (κ2) is 10.0. The van der Waals surface area contributed by atoms with E-state index < -0.39 is 0 Å². The van der Waals surface area contributed by atoms with Gasteiger partial charge >= 0.3 is 0 Å². The molecule has 164 valence electrons. The zero-order valence-corrected chi connectivity index (χ0v) is 18.4. The highest BCUT2D eigenvalue weighted by molar-refractivity contribution is 6.02. The first-order valence-electron chi connectivity index (χ1n) is 10.2. The second-order valence-electron chi connectivity index (χ2n) is 7.29. The number of aryl methyl sites for hydroxylation is 1. The first-order valence-corrected chi connectivity index (χ1v) is 10.2. The zero-order chi connectivity index (χ0) is 22.4. The molecule has 0 aliphatic carbocycles. The van der Waals surface area contributed by atoms with Gasteiger partial charge in [-0.1, -0.05) is 0 Å². The summed E-state index contributed by atoms with van der Waals surface area (Å²) in [4.78, 5) is 26.4. The van der Waals surface area contributed by atoms with Crippen molar-refractivity contribution < 1.29 is 23.8 Å². The molecule has 2 aromatic rings. The fourth-order valence-corrected chi connectivity index (χ4v) is 3.65. The number of benzene rings is 2. The minimum absolute atomic E-state index is 0.152. The maximum Gasteiger partial charge on any atom is 0.248 e. The van der Waals surface area contributed by atoms with Gasteiger partial charge in [-0.2, -0.15) is 0 Å². The van der Waals surface area contributed by atoms with Crippen molar-refractivity contribution in [1.29, 1.82) is 0 Å². The van der Waals surface area contributed by atoms with Crippen LogP contribution in [0.5, 0.6) is 17.2 Å². The van der Waals surface area contributed by atoms with Crippen LogP contribution in [0, 0.1) is 6.92 Å². The molecule has 2 amide bonds. The van der Waals surface area contributed by atoms with E-state index in [1.807, 2.05) is 30.0 Å². The van der Waals surface area contributed by atoms with Gasteiger partial charge in [0.1, 0.15) is 0 Å². The first-order chi connectivity index (χ1) is 15.0. The third kappa shape index (κ3) is 5.17. The molecule has 1 N–H and O–H groups in total. The Kier molecular flexibility index (Phi) is 7.18. The number of piperidine rings is 1. The largest absolute Gasteiger partial charge is 0.493 e. The minimum Gasteiger partial charge on any atom is -0.493 e. The topological polar surface area (TPSA) is 77.1 Å². The molecule has 1 heterocycles. The lowest BCUT2D eigenvalue weighted by Crippen LogP contribution is -2.35.